The summed E-state index contributed by atoms with van der Waals surface area (Å²) in [6.45, 7) is 2.06. The van der Waals surface area contributed by atoms with Gasteiger partial charge in [-0.05, 0) is 36.2 Å². The van der Waals surface area contributed by atoms with Crippen LogP contribution in [0.1, 0.15) is 18.9 Å². The van der Waals surface area contributed by atoms with Crippen molar-refractivity contribution in [3.05, 3.63) is 59.9 Å². The Morgan fingerprint density at radius 3 is 2.45 bits per heavy atom. The van der Waals surface area contributed by atoms with Crippen molar-refractivity contribution in [2.24, 2.45) is 4.99 Å². The standard InChI is InChI=1S/C22H21Cl4FN4O2/c1-3-7-13-8-6-9-14(12-13)28-18(17(23)22(24,25)26)29-19-20(32)30(2)21(33)31(19)16-11-5-4-10-15(16)27/h4-6,8-12,17-18,28H,3,7H2,1-2H3. The average Bonchev–Trinajstić information content (AvgIpc) is 2.96. The second kappa shape index (κ2) is 10.5. The molecule has 1 heterocycles. The monoisotopic (exact) mass is 532 g/mol. The van der Waals surface area contributed by atoms with Gasteiger partial charge < -0.3 is 5.32 Å². The van der Waals surface area contributed by atoms with Crippen molar-refractivity contribution < 1.29 is 14.0 Å². The maximum Gasteiger partial charge on any atom is 0.337 e. The molecule has 3 amide bonds. The second-order valence-corrected chi connectivity index (χ2v) is 10.2. The number of aryl methyl sites for hydroxylation is 1. The van der Waals surface area contributed by atoms with Gasteiger partial charge in [0.1, 0.15) is 17.4 Å². The number of aliphatic imine (C=N–C) groups is 1. The lowest BCUT2D eigenvalue weighted by molar-refractivity contribution is -0.119. The fourth-order valence-electron chi connectivity index (χ4n) is 3.29. The molecule has 1 aliphatic heterocycles. The number of likely N-dealkylation sites (N-methyl/N-ethyl adjacent to an activating group) is 1. The second-order valence-electron chi connectivity index (χ2n) is 7.37. The molecular weight excluding hydrogens is 513 g/mol. The predicted octanol–water partition coefficient (Wildman–Crippen LogP) is 5.99. The number of carbonyl (C=O) groups is 2. The normalized spacial score (nSPS) is 17.6. The Hall–Kier alpha value is -2.06. The molecule has 1 N–H and O–H groups in total. The minimum absolute atomic E-state index is 0.136. The Morgan fingerprint density at radius 2 is 1.82 bits per heavy atom. The number of nitrogens with zero attached hydrogens (tertiary/aromatic N) is 3. The Morgan fingerprint density at radius 1 is 1.12 bits per heavy atom. The maximum absolute atomic E-state index is 14.5. The molecule has 0 radical (unpaired) electrons. The van der Waals surface area contributed by atoms with Gasteiger partial charge in [0, 0.05) is 12.7 Å². The Kier molecular flexibility index (Phi) is 8.11. The van der Waals surface area contributed by atoms with Crippen LogP contribution in [0.3, 0.4) is 0 Å². The number of imide groups is 1. The number of amides is 3. The molecule has 1 saturated heterocycles. The van der Waals surface area contributed by atoms with Gasteiger partial charge in [-0.15, -0.1) is 11.6 Å². The highest BCUT2D eigenvalue weighted by atomic mass is 35.6. The summed E-state index contributed by atoms with van der Waals surface area (Å²) in [7, 11) is 1.27. The van der Waals surface area contributed by atoms with E-state index in [-0.39, 0.29) is 11.5 Å². The van der Waals surface area contributed by atoms with Crippen LogP contribution >= 0.6 is 46.4 Å². The van der Waals surface area contributed by atoms with Crippen LogP contribution in [0, 0.1) is 5.82 Å². The SMILES string of the molecule is CCCc1cccc(NC(N=C2C(=O)N(C)C(=O)N2c2ccccc2F)C(Cl)C(Cl)(Cl)Cl)c1. The van der Waals surface area contributed by atoms with Gasteiger partial charge in [0.15, 0.2) is 0 Å². The molecule has 2 unspecified atom stereocenters. The minimum atomic E-state index is -1.97. The molecule has 6 nitrogen and oxygen atoms in total. The summed E-state index contributed by atoms with van der Waals surface area (Å²) in [5.41, 5.74) is 1.55. The smallest absolute Gasteiger partial charge is 0.337 e. The van der Waals surface area contributed by atoms with E-state index in [0.29, 0.717) is 5.69 Å². The van der Waals surface area contributed by atoms with E-state index in [1.165, 1.54) is 31.3 Å². The lowest BCUT2D eigenvalue weighted by Crippen LogP contribution is -2.41. The van der Waals surface area contributed by atoms with E-state index in [0.717, 1.165) is 28.2 Å². The number of anilines is 2. The lowest BCUT2D eigenvalue weighted by atomic mass is 10.1. The van der Waals surface area contributed by atoms with Crippen molar-refractivity contribution in [1.29, 1.82) is 0 Å². The number of hydrogen-bond acceptors (Lipinski definition) is 4. The molecule has 1 aliphatic rings. The quantitative estimate of drug-likeness (QED) is 0.351. The number of urea groups is 1. The highest BCUT2D eigenvalue weighted by molar-refractivity contribution is 6.70. The third-order valence-electron chi connectivity index (χ3n) is 4.91. The molecule has 0 aliphatic carbocycles. The maximum atomic E-state index is 14.5. The molecule has 33 heavy (non-hydrogen) atoms. The van der Waals surface area contributed by atoms with E-state index in [1.54, 1.807) is 6.07 Å². The van der Waals surface area contributed by atoms with Crippen LogP contribution in [0.2, 0.25) is 0 Å². The summed E-state index contributed by atoms with van der Waals surface area (Å²) < 4.78 is 12.5. The van der Waals surface area contributed by atoms with Crippen LogP contribution in [-0.2, 0) is 11.2 Å². The summed E-state index contributed by atoms with van der Waals surface area (Å²) in [5, 5.41) is 1.82. The van der Waals surface area contributed by atoms with Crippen molar-refractivity contribution in [3.63, 3.8) is 0 Å². The zero-order chi connectivity index (χ0) is 24.3. The van der Waals surface area contributed by atoms with Crippen molar-refractivity contribution in [2.45, 2.75) is 35.1 Å². The topological polar surface area (TPSA) is 65.0 Å². The van der Waals surface area contributed by atoms with Crippen molar-refractivity contribution in [3.8, 4) is 0 Å². The molecule has 3 rings (SSSR count). The molecule has 0 spiro atoms. The predicted molar refractivity (Wildman–Crippen MR) is 132 cm³/mol. The molecule has 11 heteroatoms. The van der Waals surface area contributed by atoms with E-state index in [2.05, 4.69) is 17.2 Å². The largest absolute Gasteiger partial charge is 0.362 e. The fraction of sp³-hybridized carbons (Fsp3) is 0.318. The summed E-state index contributed by atoms with van der Waals surface area (Å²) in [4.78, 5) is 31.7. The summed E-state index contributed by atoms with van der Waals surface area (Å²) in [6, 6.07) is 12.2. The van der Waals surface area contributed by atoms with Gasteiger partial charge in [-0.25, -0.2) is 19.1 Å². The lowest BCUT2D eigenvalue weighted by Gasteiger charge is -2.27. The van der Waals surface area contributed by atoms with Crippen molar-refractivity contribution in [1.82, 2.24) is 4.90 Å². The van der Waals surface area contributed by atoms with Crippen molar-refractivity contribution in [2.75, 3.05) is 17.3 Å². The third kappa shape index (κ3) is 5.72. The molecule has 0 bridgehead atoms. The number of benzene rings is 2. The van der Waals surface area contributed by atoms with Crippen LogP contribution < -0.4 is 10.2 Å². The van der Waals surface area contributed by atoms with Crippen LogP contribution in [0.25, 0.3) is 0 Å². The Bertz CT molecular complexity index is 1080. The van der Waals surface area contributed by atoms with Gasteiger partial charge in [0.2, 0.25) is 9.63 Å². The number of amidine groups is 1. The Labute approximate surface area is 211 Å². The highest BCUT2D eigenvalue weighted by Gasteiger charge is 2.45. The minimum Gasteiger partial charge on any atom is -0.362 e. The number of alkyl halides is 4. The van der Waals surface area contributed by atoms with Crippen LogP contribution in [0.15, 0.2) is 53.5 Å². The Balaban J connectivity index is 2.07. The van der Waals surface area contributed by atoms with E-state index in [9.17, 15) is 14.0 Å². The van der Waals surface area contributed by atoms with E-state index >= 15 is 0 Å². The van der Waals surface area contributed by atoms with Gasteiger partial charge in [-0.2, -0.15) is 0 Å². The number of nitrogens with one attached hydrogen (secondary N) is 1. The number of halogens is 5. The molecule has 176 valence electrons. The zero-order valence-electron chi connectivity index (χ0n) is 17.7. The first-order chi connectivity index (χ1) is 15.5. The first kappa shape index (κ1) is 25.6. The summed E-state index contributed by atoms with van der Waals surface area (Å²) in [6.07, 6.45) is 0.646. The third-order valence-corrected chi connectivity index (χ3v) is 6.52. The van der Waals surface area contributed by atoms with E-state index in [1.807, 2.05) is 18.2 Å². The van der Waals surface area contributed by atoms with Crippen LogP contribution in [0.4, 0.5) is 20.6 Å². The number of carbonyl (C=O) groups excluding carboxylic acids is 2. The first-order valence-corrected chi connectivity index (χ1v) is 11.6. The molecule has 2 aromatic rings. The molecule has 0 saturated carbocycles. The molecule has 1 fully saturated rings. The highest BCUT2D eigenvalue weighted by Crippen LogP contribution is 2.37. The first-order valence-electron chi connectivity index (χ1n) is 10.0. The van der Waals surface area contributed by atoms with Gasteiger partial charge in [0.05, 0.1) is 5.69 Å². The van der Waals surface area contributed by atoms with Gasteiger partial charge >= 0.3 is 6.03 Å². The molecule has 0 aromatic heterocycles. The average molecular weight is 534 g/mol. The van der Waals surface area contributed by atoms with Gasteiger partial charge in [0.25, 0.3) is 5.91 Å². The molecular formula is C22H21Cl4FN4O2. The van der Waals surface area contributed by atoms with Gasteiger partial charge in [-0.3, -0.25) is 9.69 Å². The van der Waals surface area contributed by atoms with Crippen molar-refractivity contribution >= 4 is 75.6 Å². The number of para-hydroxylation sites is 1. The number of hydrogen-bond donors (Lipinski definition) is 1. The number of rotatable bonds is 7. The van der Waals surface area contributed by atoms with E-state index in [4.69, 9.17) is 46.4 Å². The summed E-state index contributed by atoms with van der Waals surface area (Å²) >= 11 is 24.5. The van der Waals surface area contributed by atoms with Crippen LogP contribution in [0.5, 0.6) is 0 Å². The van der Waals surface area contributed by atoms with Crippen LogP contribution in [-0.4, -0.2) is 45.1 Å². The fourth-order valence-corrected chi connectivity index (χ4v) is 3.77. The molecule has 2 atom stereocenters. The molecule has 2 aromatic carbocycles. The summed E-state index contributed by atoms with van der Waals surface area (Å²) in [5.74, 6) is -1.81. The zero-order valence-corrected chi connectivity index (χ0v) is 20.8. The van der Waals surface area contributed by atoms with E-state index < -0.39 is 33.1 Å². The van der Waals surface area contributed by atoms with Gasteiger partial charge in [-0.1, -0.05) is 72.4 Å².